The van der Waals surface area contributed by atoms with Crippen molar-refractivity contribution in [1.29, 1.82) is 0 Å². The van der Waals surface area contributed by atoms with Crippen LogP contribution in [-0.2, 0) is 12.4 Å². The Hall–Kier alpha value is -5.46. The van der Waals surface area contributed by atoms with Gasteiger partial charge >= 0.3 is 0 Å². The van der Waals surface area contributed by atoms with Gasteiger partial charge in [-0.05, 0) is 76.2 Å². The maximum atomic E-state index is 8.05. The smallest absolute Gasteiger partial charge is 0.244 e. The Bertz CT molecular complexity index is 2720. The number of aryl methyl sites for hydroxylation is 1. The second-order valence-corrected chi connectivity index (χ2v) is 19.6. The van der Waals surface area contributed by atoms with Crippen LogP contribution in [0, 0.1) is 6.33 Å². The van der Waals surface area contributed by atoms with Gasteiger partial charge in [-0.3, -0.25) is 4.57 Å². The van der Waals surface area contributed by atoms with Crippen LogP contribution in [0.4, 0.5) is 0 Å². The molecule has 0 aliphatic carbocycles. The Balaban J connectivity index is 1.14. The average Bonchev–Trinajstić information content (AvgIpc) is 3.70. The van der Waals surface area contributed by atoms with Crippen molar-refractivity contribution in [2.24, 2.45) is 6.98 Å². The summed E-state index contributed by atoms with van der Waals surface area (Å²) in [4.78, 5) is 4.97. The highest BCUT2D eigenvalue weighted by Gasteiger charge is 2.39. The number of nitrogens with zero attached hydrogens (tertiary/aromatic N) is 4. The van der Waals surface area contributed by atoms with Crippen LogP contribution in [0.1, 0.15) is 29.9 Å². The molecule has 1 aliphatic rings. The standard InChI is InChI=1S/C44H40N4OSi/c1-44(2)23-25-50(4,5)43-34(15-11-16-37(43)44)30-22-24-45-42(26-30)48-38-17-7-6-14-35(38)36-21-20-33(28-41(36)48)49-32-13-10-12-31(27-32)47-29-46(3)39-18-8-9-19-40(39)47/h6-22,24,26-28H,23,25H2,1-5H3/i3D3. The lowest BCUT2D eigenvalue weighted by Crippen LogP contribution is -2.51. The van der Waals surface area contributed by atoms with Crippen LogP contribution in [0.3, 0.4) is 0 Å². The molecule has 8 aromatic rings. The number of ether oxygens (including phenoxy) is 1. The maximum Gasteiger partial charge on any atom is 0.244 e. The number of imidazole rings is 1. The van der Waals surface area contributed by atoms with E-state index < -0.39 is 15.0 Å². The first kappa shape index (κ1) is 27.4. The molecule has 1 aliphatic heterocycles. The normalized spacial score (nSPS) is 16.2. The van der Waals surface area contributed by atoms with E-state index in [0.717, 1.165) is 38.8 Å². The Morgan fingerprint density at radius 1 is 0.800 bits per heavy atom. The van der Waals surface area contributed by atoms with Crippen LogP contribution in [0.2, 0.25) is 19.1 Å². The summed E-state index contributed by atoms with van der Waals surface area (Å²) in [7, 11) is -1.66. The van der Waals surface area contributed by atoms with Gasteiger partial charge in [0.2, 0.25) is 6.33 Å². The molecule has 5 aromatic carbocycles. The van der Waals surface area contributed by atoms with Crippen LogP contribution in [0.5, 0.6) is 11.5 Å². The van der Waals surface area contributed by atoms with Crippen LogP contribution >= 0.6 is 0 Å². The first-order chi connectivity index (χ1) is 25.4. The van der Waals surface area contributed by atoms with Gasteiger partial charge in [-0.1, -0.05) is 106 Å². The number of aromatic nitrogens is 4. The highest BCUT2D eigenvalue weighted by molar-refractivity contribution is 6.91. The summed E-state index contributed by atoms with van der Waals surface area (Å²) >= 11 is 0. The van der Waals surface area contributed by atoms with Gasteiger partial charge in [0.1, 0.15) is 17.3 Å². The molecule has 50 heavy (non-hydrogen) atoms. The van der Waals surface area contributed by atoms with E-state index in [1.807, 2.05) is 54.7 Å². The molecule has 4 heterocycles. The van der Waals surface area contributed by atoms with Crippen molar-refractivity contribution in [2.75, 3.05) is 0 Å². The zero-order valence-corrected chi connectivity index (χ0v) is 29.7. The second kappa shape index (κ2) is 11.3. The van der Waals surface area contributed by atoms with Crippen molar-refractivity contribution >= 4 is 46.1 Å². The maximum absolute atomic E-state index is 8.05. The first-order valence-corrected chi connectivity index (χ1v) is 20.5. The van der Waals surface area contributed by atoms with Gasteiger partial charge in [0.05, 0.1) is 46.9 Å². The molecule has 0 saturated heterocycles. The minimum Gasteiger partial charge on any atom is -0.458 e. The van der Waals surface area contributed by atoms with Gasteiger partial charge in [-0.15, -0.1) is 0 Å². The molecule has 0 bridgehead atoms. The third-order valence-electron chi connectivity index (χ3n) is 10.7. The lowest BCUT2D eigenvalue weighted by atomic mass is 9.80. The van der Waals surface area contributed by atoms with Crippen molar-refractivity contribution in [1.82, 2.24) is 14.1 Å². The Kier molecular flexibility index (Phi) is 6.18. The first-order valence-electron chi connectivity index (χ1n) is 18.8. The molecule has 0 amide bonds. The third kappa shape index (κ3) is 4.89. The van der Waals surface area contributed by atoms with Gasteiger partial charge in [0.15, 0.2) is 0 Å². The van der Waals surface area contributed by atoms with Crippen LogP contribution in [-0.4, -0.2) is 22.2 Å². The van der Waals surface area contributed by atoms with Gasteiger partial charge in [0, 0.05) is 23.0 Å². The quantitative estimate of drug-likeness (QED) is 0.104. The fourth-order valence-corrected chi connectivity index (χ4v) is 11.6. The zero-order valence-electron chi connectivity index (χ0n) is 31.7. The van der Waals surface area contributed by atoms with Gasteiger partial charge in [-0.2, -0.15) is 0 Å². The van der Waals surface area contributed by atoms with Crippen molar-refractivity contribution < 1.29 is 13.4 Å². The second-order valence-electron chi connectivity index (χ2n) is 14.8. The van der Waals surface area contributed by atoms with Crippen LogP contribution in [0.25, 0.3) is 55.5 Å². The van der Waals surface area contributed by atoms with Crippen molar-refractivity contribution in [3.63, 3.8) is 0 Å². The molecular weight excluding hydrogens is 629 g/mol. The zero-order chi connectivity index (χ0) is 36.7. The van der Waals surface area contributed by atoms with Crippen molar-refractivity contribution in [2.45, 2.75) is 44.8 Å². The third-order valence-corrected chi connectivity index (χ3v) is 14.0. The Labute approximate surface area is 298 Å². The summed E-state index contributed by atoms with van der Waals surface area (Å²) in [5.41, 5.74) is 8.32. The largest absolute Gasteiger partial charge is 0.458 e. The van der Waals surface area contributed by atoms with E-state index in [1.54, 1.807) is 15.8 Å². The molecule has 0 unspecified atom stereocenters. The molecular formula is C44H40N4OSi. The molecule has 3 aromatic heterocycles. The number of benzene rings is 5. The molecule has 0 fully saturated rings. The highest BCUT2D eigenvalue weighted by Crippen LogP contribution is 2.40. The number of hydrogen-bond acceptors (Lipinski definition) is 2. The summed E-state index contributed by atoms with van der Waals surface area (Å²) in [5.74, 6) is 2.17. The molecule has 0 saturated carbocycles. The Morgan fingerprint density at radius 3 is 2.46 bits per heavy atom. The van der Waals surface area contributed by atoms with E-state index in [2.05, 4.69) is 105 Å². The molecule has 0 atom stereocenters. The van der Waals surface area contributed by atoms with Crippen molar-refractivity contribution in [3.05, 3.63) is 139 Å². The molecule has 0 spiro atoms. The van der Waals surface area contributed by atoms with Gasteiger partial charge < -0.3 is 13.9 Å². The number of fused-ring (bicyclic) bond motifs is 5. The number of pyridine rings is 1. The van der Waals surface area contributed by atoms with Gasteiger partial charge in [0.25, 0.3) is 0 Å². The topological polar surface area (TPSA) is 35.9 Å². The summed E-state index contributed by atoms with van der Waals surface area (Å²) in [6.45, 7) is 7.45. The minimum absolute atomic E-state index is 0.153. The predicted molar refractivity (Wildman–Crippen MR) is 207 cm³/mol. The number of rotatable bonds is 5. The van der Waals surface area contributed by atoms with Gasteiger partial charge in [-0.25, -0.2) is 4.98 Å². The summed E-state index contributed by atoms with van der Waals surface area (Å²) in [5, 5.41) is 3.84. The Morgan fingerprint density at radius 2 is 1.58 bits per heavy atom. The minimum atomic E-state index is -2.36. The summed E-state index contributed by atoms with van der Waals surface area (Å²) in [6, 6.07) is 42.3. The summed E-state index contributed by atoms with van der Waals surface area (Å²) < 4.78 is 35.9. The van der Waals surface area contributed by atoms with Crippen LogP contribution < -0.4 is 14.5 Å². The fraction of sp³-hybridized carbons (Fsp3) is 0.182. The molecule has 6 heteroatoms. The number of para-hydroxylation sites is 3. The van der Waals surface area contributed by atoms with E-state index in [-0.39, 0.29) is 5.41 Å². The van der Waals surface area contributed by atoms with Crippen molar-refractivity contribution in [3.8, 4) is 34.1 Å². The van der Waals surface area contributed by atoms with E-state index in [1.165, 1.54) is 33.7 Å². The number of hydrogen-bond donors (Lipinski definition) is 0. The predicted octanol–water partition coefficient (Wildman–Crippen LogP) is 9.80. The average molecular weight is 672 g/mol. The monoisotopic (exact) mass is 671 g/mol. The molecule has 9 rings (SSSR count). The highest BCUT2D eigenvalue weighted by atomic mass is 28.3. The van der Waals surface area contributed by atoms with Crippen LogP contribution in [0.15, 0.2) is 128 Å². The summed E-state index contributed by atoms with van der Waals surface area (Å²) in [6.07, 6.45) is 6.22. The molecule has 246 valence electrons. The van der Waals surface area contributed by atoms with E-state index in [4.69, 9.17) is 13.8 Å². The van der Waals surface area contributed by atoms with E-state index in [0.29, 0.717) is 17.0 Å². The lowest BCUT2D eigenvalue weighted by molar-refractivity contribution is -0.649. The molecule has 0 radical (unpaired) electrons. The lowest BCUT2D eigenvalue weighted by Gasteiger charge is -2.42. The molecule has 0 N–H and O–H groups in total. The molecule has 5 nitrogen and oxygen atoms in total. The van der Waals surface area contributed by atoms with E-state index in [9.17, 15) is 0 Å². The van der Waals surface area contributed by atoms with E-state index >= 15 is 0 Å². The fourth-order valence-electron chi connectivity index (χ4n) is 8.01. The SMILES string of the molecule is [2H]C([2H])([2H])[n+]1[c-]n(-c2cccc(Oc3ccc4c5ccccc5n(-c5cc(-c6cccc7c6[Si](C)(C)CCC7(C)C)ccn5)c4c3)c2)c2ccccc21.